The number of amides is 1. The molecule has 2 aromatic carbocycles. The minimum atomic E-state index is -0.397. The normalized spacial score (nSPS) is 15.7. The van der Waals surface area contributed by atoms with Crippen LogP contribution in [0.4, 0.5) is 4.39 Å². The Morgan fingerprint density at radius 1 is 1.14 bits per heavy atom. The zero-order chi connectivity index (χ0) is 15.6. The van der Waals surface area contributed by atoms with Crippen molar-refractivity contribution in [3.63, 3.8) is 0 Å². The van der Waals surface area contributed by atoms with Gasteiger partial charge in [0.1, 0.15) is 11.6 Å². The summed E-state index contributed by atoms with van der Waals surface area (Å²) in [5.74, 6) is 0.115. The van der Waals surface area contributed by atoms with Crippen molar-refractivity contribution in [2.45, 2.75) is 24.8 Å². The molecule has 114 valence electrons. The number of benzene rings is 2. The van der Waals surface area contributed by atoms with Crippen LogP contribution in [0.15, 0.2) is 48.5 Å². The number of para-hydroxylation sites is 1. The van der Waals surface area contributed by atoms with Gasteiger partial charge >= 0.3 is 0 Å². The molecule has 0 bridgehead atoms. The molecule has 1 fully saturated rings. The second-order valence-corrected chi connectivity index (χ2v) is 5.60. The highest BCUT2D eigenvalue weighted by Crippen LogP contribution is 2.41. The molecule has 0 aromatic heterocycles. The molecule has 0 saturated heterocycles. The highest BCUT2D eigenvalue weighted by molar-refractivity contribution is 5.97. The van der Waals surface area contributed by atoms with E-state index in [0.29, 0.717) is 11.3 Å². The number of carbonyl (C=O) groups is 1. The molecule has 1 saturated carbocycles. The highest BCUT2D eigenvalue weighted by Gasteiger charge is 2.40. The van der Waals surface area contributed by atoms with Gasteiger partial charge in [-0.05, 0) is 49.1 Å². The fraction of sp³-hybridized carbons (Fsp3) is 0.278. The van der Waals surface area contributed by atoms with Crippen molar-refractivity contribution in [3.05, 3.63) is 65.5 Å². The first-order chi connectivity index (χ1) is 10.6. The van der Waals surface area contributed by atoms with Crippen molar-refractivity contribution in [2.75, 3.05) is 7.11 Å². The number of hydrogen-bond acceptors (Lipinski definition) is 2. The Labute approximate surface area is 129 Å². The van der Waals surface area contributed by atoms with Crippen molar-refractivity contribution >= 4 is 5.91 Å². The summed E-state index contributed by atoms with van der Waals surface area (Å²) in [5, 5.41) is 3.12. The first kappa shape index (κ1) is 14.6. The van der Waals surface area contributed by atoms with Gasteiger partial charge < -0.3 is 10.1 Å². The average Bonchev–Trinajstić information content (AvgIpc) is 2.51. The number of rotatable bonds is 4. The predicted octanol–water partition coefficient (Wildman–Crippen LogP) is 3.64. The van der Waals surface area contributed by atoms with E-state index in [1.807, 2.05) is 12.1 Å². The maximum Gasteiger partial charge on any atom is 0.255 e. The molecular weight excluding hydrogens is 281 g/mol. The number of hydrogen-bond donors (Lipinski definition) is 1. The summed E-state index contributed by atoms with van der Waals surface area (Å²) in [4.78, 5) is 12.6. The SMILES string of the molecule is COc1ccccc1C(=O)NC1(c2ccc(F)cc2)CCC1. The molecule has 0 aliphatic heterocycles. The van der Waals surface area contributed by atoms with E-state index in [1.165, 1.54) is 12.1 Å². The van der Waals surface area contributed by atoms with Crippen LogP contribution in [0.3, 0.4) is 0 Å². The van der Waals surface area contributed by atoms with E-state index < -0.39 is 5.54 Å². The molecule has 0 unspecified atom stereocenters. The van der Waals surface area contributed by atoms with Crippen molar-refractivity contribution in [1.82, 2.24) is 5.32 Å². The third-order valence-electron chi connectivity index (χ3n) is 4.31. The molecule has 22 heavy (non-hydrogen) atoms. The van der Waals surface area contributed by atoms with Gasteiger partial charge in [0.15, 0.2) is 0 Å². The third-order valence-corrected chi connectivity index (χ3v) is 4.31. The Morgan fingerprint density at radius 3 is 2.41 bits per heavy atom. The summed E-state index contributed by atoms with van der Waals surface area (Å²) in [6.45, 7) is 0. The topological polar surface area (TPSA) is 38.3 Å². The van der Waals surface area contributed by atoms with Crippen LogP contribution in [-0.4, -0.2) is 13.0 Å². The van der Waals surface area contributed by atoms with E-state index in [2.05, 4.69) is 5.32 Å². The molecule has 3 rings (SSSR count). The van der Waals surface area contributed by atoms with Gasteiger partial charge in [0.25, 0.3) is 5.91 Å². The van der Waals surface area contributed by atoms with E-state index >= 15 is 0 Å². The summed E-state index contributed by atoms with van der Waals surface area (Å²) in [6, 6.07) is 13.5. The largest absolute Gasteiger partial charge is 0.496 e. The molecule has 1 aliphatic carbocycles. The molecule has 1 amide bonds. The van der Waals surface area contributed by atoms with Gasteiger partial charge in [-0.2, -0.15) is 0 Å². The van der Waals surface area contributed by atoms with Gasteiger partial charge in [-0.25, -0.2) is 4.39 Å². The van der Waals surface area contributed by atoms with Crippen LogP contribution in [-0.2, 0) is 5.54 Å². The number of ether oxygens (including phenoxy) is 1. The fourth-order valence-corrected chi connectivity index (χ4v) is 2.90. The zero-order valence-electron chi connectivity index (χ0n) is 12.4. The number of methoxy groups -OCH3 is 1. The molecule has 0 atom stereocenters. The van der Waals surface area contributed by atoms with E-state index in [1.54, 1.807) is 31.4 Å². The molecule has 2 aromatic rings. The van der Waals surface area contributed by atoms with Gasteiger partial charge in [-0.3, -0.25) is 4.79 Å². The van der Waals surface area contributed by atoms with Crippen molar-refractivity contribution < 1.29 is 13.9 Å². The van der Waals surface area contributed by atoms with Crippen LogP contribution in [0.2, 0.25) is 0 Å². The summed E-state index contributed by atoms with van der Waals surface area (Å²) >= 11 is 0. The quantitative estimate of drug-likeness (QED) is 0.936. The standard InChI is InChI=1S/C18H18FNO2/c1-22-16-6-3-2-5-15(16)17(21)20-18(11-4-12-18)13-7-9-14(19)10-8-13/h2-3,5-10H,4,11-12H2,1H3,(H,20,21). The molecule has 1 N–H and O–H groups in total. The van der Waals surface area contributed by atoms with Crippen LogP contribution in [0.1, 0.15) is 35.2 Å². The Hall–Kier alpha value is -2.36. The van der Waals surface area contributed by atoms with E-state index in [0.717, 1.165) is 24.8 Å². The smallest absolute Gasteiger partial charge is 0.255 e. The highest BCUT2D eigenvalue weighted by atomic mass is 19.1. The number of halogens is 1. The lowest BCUT2D eigenvalue weighted by Gasteiger charge is -2.43. The van der Waals surface area contributed by atoms with Crippen molar-refractivity contribution in [3.8, 4) is 5.75 Å². The molecule has 3 nitrogen and oxygen atoms in total. The minimum absolute atomic E-state index is 0.165. The van der Waals surface area contributed by atoms with Crippen LogP contribution < -0.4 is 10.1 Å². The Bertz CT molecular complexity index is 678. The maximum absolute atomic E-state index is 13.1. The van der Waals surface area contributed by atoms with Crippen LogP contribution in [0.5, 0.6) is 5.75 Å². The van der Waals surface area contributed by atoms with Crippen molar-refractivity contribution in [1.29, 1.82) is 0 Å². The van der Waals surface area contributed by atoms with Gasteiger partial charge in [0.05, 0.1) is 18.2 Å². The number of nitrogens with one attached hydrogen (secondary N) is 1. The van der Waals surface area contributed by atoms with Gasteiger partial charge in [-0.1, -0.05) is 24.3 Å². The van der Waals surface area contributed by atoms with Crippen LogP contribution in [0, 0.1) is 5.82 Å². The van der Waals surface area contributed by atoms with Crippen molar-refractivity contribution in [2.24, 2.45) is 0 Å². The first-order valence-electron chi connectivity index (χ1n) is 7.36. The lowest BCUT2D eigenvalue weighted by molar-refractivity contribution is 0.0820. The number of carbonyl (C=O) groups excluding carboxylic acids is 1. The molecule has 1 aliphatic rings. The Morgan fingerprint density at radius 2 is 1.82 bits per heavy atom. The summed E-state index contributed by atoms with van der Waals surface area (Å²) in [5.41, 5.74) is 1.06. The van der Waals surface area contributed by atoms with E-state index in [9.17, 15) is 9.18 Å². The second kappa shape index (κ2) is 5.79. The van der Waals surface area contributed by atoms with Crippen LogP contribution in [0.25, 0.3) is 0 Å². The zero-order valence-corrected chi connectivity index (χ0v) is 12.4. The second-order valence-electron chi connectivity index (χ2n) is 5.60. The predicted molar refractivity (Wildman–Crippen MR) is 82.4 cm³/mol. The minimum Gasteiger partial charge on any atom is -0.496 e. The summed E-state index contributed by atoms with van der Waals surface area (Å²) < 4.78 is 18.4. The maximum atomic E-state index is 13.1. The van der Waals surface area contributed by atoms with Gasteiger partial charge in [0.2, 0.25) is 0 Å². The molecular formula is C18H18FNO2. The average molecular weight is 299 g/mol. The Balaban J connectivity index is 1.86. The van der Waals surface area contributed by atoms with Gasteiger partial charge in [0, 0.05) is 0 Å². The third kappa shape index (κ3) is 2.56. The molecule has 0 radical (unpaired) electrons. The lowest BCUT2D eigenvalue weighted by Crippen LogP contribution is -2.50. The lowest BCUT2D eigenvalue weighted by atomic mass is 9.71. The van der Waals surface area contributed by atoms with E-state index in [4.69, 9.17) is 4.74 Å². The molecule has 4 heteroatoms. The summed E-state index contributed by atoms with van der Waals surface area (Å²) in [7, 11) is 1.55. The first-order valence-corrected chi connectivity index (χ1v) is 7.36. The molecule has 0 spiro atoms. The molecule has 0 heterocycles. The monoisotopic (exact) mass is 299 g/mol. The fourth-order valence-electron chi connectivity index (χ4n) is 2.90. The van der Waals surface area contributed by atoms with E-state index in [-0.39, 0.29) is 11.7 Å². The summed E-state index contributed by atoms with van der Waals surface area (Å²) in [6.07, 6.45) is 2.77. The Kier molecular flexibility index (Phi) is 3.84. The van der Waals surface area contributed by atoms with Crippen LogP contribution >= 0.6 is 0 Å². The van der Waals surface area contributed by atoms with Gasteiger partial charge in [-0.15, -0.1) is 0 Å².